The second kappa shape index (κ2) is 8.73. The fourth-order valence-corrected chi connectivity index (χ4v) is 3.60. The predicted octanol–water partition coefficient (Wildman–Crippen LogP) is 4.84. The highest BCUT2D eigenvalue weighted by Gasteiger charge is 2.12. The van der Waals surface area contributed by atoms with Gasteiger partial charge in [0.25, 0.3) is 5.91 Å². The van der Waals surface area contributed by atoms with Crippen LogP contribution < -0.4 is 5.32 Å². The zero-order valence-electron chi connectivity index (χ0n) is 17.1. The van der Waals surface area contributed by atoms with Crippen molar-refractivity contribution in [3.8, 4) is 0 Å². The van der Waals surface area contributed by atoms with E-state index in [0.29, 0.717) is 28.4 Å². The molecule has 158 valence electrons. The third-order valence-corrected chi connectivity index (χ3v) is 5.25. The first-order valence-electron chi connectivity index (χ1n) is 9.76. The minimum atomic E-state index is -0.395. The van der Waals surface area contributed by atoms with Gasteiger partial charge in [0.15, 0.2) is 0 Å². The van der Waals surface area contributed by atoms with Gasteiger partial charge in [-0.2, -0.15) is 10.2 Å². The summed E-state index contributed by atoms with van der Waals surface area (Å²) in [6.45, 7) is 4.71. The summed E-state index contributed by atoms with van der Waals surface area (Å²) in [5.74, 6) is -0.647. The molecule has 0 bridgehead atoms. The molecule has 0 unspecified atom stereocenters. The minimum absolute atomic E-state index is 0.166. The molecule has 0 saturated carbocycles. The van der Waals surface area contributed by atoms with Gasteiger partial charge in [-0.3, -0.25) is 14.2 Å². The summed E-state index contributed by atoms with van der Waals surface area (Å²) in [6, 6.07) is 14.0. The van der Waals surface area contributed by atoms with Gasteiger partial charge in [0.1, 0.15) is 5.82 Å². The number of amides is 1. The molecule has 1 amide bonds. The van der Waals surface area contributed by atoms with Gasteiger partial charge in [-0.15, -0.1) is 0 Å². The number of aryl methyl sites for hydroxylation is 2. The Kier molecular flexibility index (Phi) is 5.86. The molecule has 0 fully saturated rings. The first kappa shape index (κ1) is 20.8. The minimum Gasteiger partial charge on any atom is -0.319 e. The number of carbonyl (C=O) groups excluding carboxylic acids is 1. The molecular formula is C23H21ClFN5O. The van der Waals surface area contributed by atoms with Gasteiger partial charge < -0.3 is 5.32 Å². The van der Waals surface area contributed by atoms with Crippen LogP contribution >= 0.6 is 11.6 Å². The molecule has 8 heteroatoms. The summed E-state index contributed by atoms with van der Waals surface area (Å²) < 4.78 is 17.4. The number of hydrogen-bond acceptors (Lipinski definition) is 3. The molecule has 0 saturated heterocycles. The lowest BCUT2D eigenvalue weighted by molar-refractivity contribution is 0.102. The van der Waals surface area contributed by atoms with Crippen LogP contribution in [0.2, 0.25) is 5.02 Å². The molecule has 0 aliphatic carbocycles. The van der Waals surface area contributed by atoms with Gasteiger partial charge in [0, 0.05) is 28.0 Å². The van der Waals surface area contributed by atoms with Gasteiger partial charge in [-0.05, 0) is 49.7 Å². The highest BCUT2D eigenvalue weighted by atomic mass is 35.5. The van der Waals surface area contributed by atoms with Crippen molar-refractivity contribution in [1.29, 1.82) is 0 Å². The van der Waals surface area contributed by atoms with Crippen LogP contribution in [-0.2, 0) is 13.1 Å². The molecule has 4 aromatic rings. The van der Waals surface area contributed by atoms with Crippen LogP contribution in [0.5, 0.6) is 0 Å². The number of nitrogens with one attached hydrogen (secondary N) is 1. The van der Waals surface area contributed by atoms with Crippen molar-refractivity contribution in [2.24, 2.45) is 0 Å². The first-order valence-corrected chi connectivity index (χ1v) is 10.1. The van der Waals surface area contributed by atoms with E-state index >= 15 is 0 Å². The molecule has 2 aromatic carbocycles. The monoisotopic (exact) mass is 437 g/mol. The SMILES string of the molecule is Cc1cc(C)n(Cc2cccc(C(=O)Nc3cnn(Cc4c(F)cccc4Cl)c3)c2)n1. The number of carbonyl (C=O) groups is 1. The van der Waals surface area contributed by atoms with Crippen molar-refractivity contribution in [3.63, 3.8) is 0 Å². The highest BCUT2D eigenvalue weighted by Crippen LogP contribution is 2.20. The Balaban J connectivity index is 1.45. The molecule has 2 aromatic heterocycles. The van der Waals surface area contributed by atoms with Gasteiger partial charge in [-0.25, -0.2) is 4.39 Å². The highest BCUT2D eigenvalue weighted by molar-refractivity contribution is 6.31. The number of halogens is 2. The normalized spacial score (nSPS) is 11.0. The largest absolute Gasteiger partial charge is 0.319 e. The predicted molar refractivity (Wildman–Crippen MR) is 118 cm³/mol. The summed E-state index contributed by atoms with van der Waals surface area (Å²) in [7, 11) is 0. The van der Waals surface area contributed by atoms with E-state index in [9.17, 15) is 9.18 Å². The molecule has 4 rings (SSSR count). The molecule has 0 spiro atoms. The maximum atomic E-state index is 14.0. The van der Waals surface area contributed by atoms with E-state index in [1.807, 2.05) is 42.8 Å². The summed E-state index contributed by atoms with van der Waals surface area (Å²) in [6.07, 6.45) is 3.16. The van der Waals surface area contributed by atoms with E-state index in [0.717, 1.165) is 17.0 Å². The number of nitrogens with zero attached hydrogens (tertiary/aromatic N) is 4. The molecule has 6 nitrogen and oxygen atoms in total. The Morgan fingerprint density at radius 3 is 2.68 bits per heavy atom. The maximum absolute atomic E-state index is 14.0. The lowest BCUT2D eigenvalue weighted by Gasteiger charge is -2.08. The molecule has 0 atom stereocenters. The fourth-order valence-electron chi connectivity index (χ4n) is 3.38. The van der Waals surface area contributed by atoms with Gasteiger partial charge in [0.2, 0.25) is 0 Å². The van der Waals surface area contributed by atoms with Crippen molar-refractivity contribution in [2.75, 3.05) is 5.32 Å². The third-order valence-electron chi connectivity index (χ3n) is 4.90. The quantitative estimate of drug-likeness (QED) is 0.469. The van der Waals surface area contributed by atoms with Crippen LogP contribution in [0, 0.1) is 19.7 Å². The summed E-state index contributed by atoms with van der Waals surface area (Å²) in [4.78, 5) is 12.7. The number of benzene rings is 2. The number of rotatable bonds is 6. The van der Waals surface area contributed by atoms with Crippen LogP contribution in [0.3, 0.4) is 0 Å². The lowest BCUT2D eigenvalue weighted by atomic mass is 10.1. The molecule has 2 heterocycles. The van der Waals surface area contributed by atoms with Crippen LogP contribution in [-0.4, -0.2) is 25.5 Å². The Morgan fingerprint density at radius 1 is 1.13 bits per heavy atom. The van der Waals surface area contributed by atoms with Crippen molar-refractivity contribution in [2.45, 2.75) is 26.9 Å². The van der Waals surface area contributed by atoms with Crippen molar-refractivity contribution in [3.05, 3.63) is 99.8 Å². The smallest absolute Gasteiger partial charge is 0.255 e. The van der Waals surface area contributed by atoms with Crippen LogP contribution in [0.1, 0.15) is 32.9 Å². The summed E-state index contributed by atoms with van der Waals surface area (Å²) >= 11 is 6.08. The van der Waals surface area contributed by atoms with E-state index < -0.39 is 5.82 Å². The Hall–Kier alpha value is -3.45. The van der Waals surface area contributed by atoms with E-state index in [1.54, 1.807) is 24.4 Å². The number of hydrogen-bond donors (Lipinski definition) is 1. The standard InChI is InChI=1S/C23H21ClFN5O/c1-15-9-16(2)30(28-15)12-17-5-3-6-18(10-17)23(31)27-19-11-26-29(13-19)14-20-21(24)7-4-8-22(20)25/h3-11,13H,12,14H2,1-2H3,(H,27,31). The molecule has 1 N–H and O–H groups in total. The Morgan fingerprint density at radius 2 is 1.94 bits per heavy atom. The topological polar surface area (TPSA) is 64.7 Å². The van der Waals surface area contributed by atoms with E-state index in [4.69, 9.17) is 11.6 Å². The summed E-state index contributed by atoms with van der Waals surface area (Å²) in [5.41, 5.74) is 4.39. The maximum Gasteiger partial charge on any atom is 0.255 e. The zero-order valence-corrected chi connectivity index (χ0v) is 17.9. The molecule has 0 radical (unpaired) electrons. The molecule has 31 heavy (non-hydrogen) atoms. The van der Waals surface area contributed by atoms with Crippen molar-refractivity contribution < 1.29 is 9.18 Å². The molecule has 0 aliphatic rings. The second-order valence-electron chi connectivity index (χ2n) is 7.37. The fraction of sp³-hybridized carbons (Fsp3) is 0.174. The Bertz CT molecular complexity index is 1230. The van der Waals surface area contributed by atoms with Crippen molar-refractivity contribution >= 4 is 23.2 Å². The van der Waals surface area contributed by atoms with Gasteiger partial charge in [0.05, 0.1) is 30.7 Å². The van der Waals surface area contributed by atoms with Crippen LogP contribution in [0.15, 0.2) is 60.9 Å². The molecule has 0 aliphatic heterocycles. The van der Waals surface area contributed by atoms with E-state index in [1.165, 1.54) is 16.9 Å². The van der Waals surface area contributed by atoms with Gasteiger partial charge in [-0.1, -0.05) is 29.8 Å². The average Bonchev–Trinajstić information content (AvgIpc) is 3.30. The van der Waals surface area contributed by atoms with Gasteiger partial charge >= 0.3 is 0 Å². The Labute approximate surface area is 184 Å². The first-order chi connectivity index (χ1) is 14.9. The van der Waals surface area contributed by atoms with Crippen molar-refractivity contribution in [1.82, 2.24) is 19.6 Å². The number of anilines is 1. The van der Waals surface area contributed by atoms with Crippen LogP contribution in [0.4, 0.5) is 10.1 Å². The molecular weight excluding hydrogens is 417 g/mol. The average molecular weight is 438 g/mol. The second-order valence-corrected chi connectivity index (χ2v) is 7.77. The summed E-state index contributed by atoms with van der Waals surface area (Å²) in [5, 5.41) is 11.8. The zero-order chi connectivity index (χ0) is 22.0. The lowest BCUT2D eigenvalue weighted by Crippen LogP contribution is -2.12. The van der Waals surface area contributed by atoms with E-state index in [2.05, 4.69) is 15.5 Å². The van der Waals surface area contributed by atoms with Crippen LogP contribution in [0.25, 0.3) is 0 Å². The number of aromatic nitrogens is 4. The third kappa shape index (κ3) is 4.83. The van der Waals surface area contributed by atoms with E-state index in [-0.39, 0.29) is 12.5 Å².